The number of carboxylic acid groups (broad SMARTS) is 1. The summed E-state index contributed by atoms with van der Waals surface area (Å²) in [7, 11) is 0. The third-order valence-electron chi connectivity index (χ3n) is 1.82. The molecule has 0 spiro atoms. The average Bonchev–Trinajstić information content (AvgIpc) is 2.98. The highest BCUT2D eigenvalue weighted by molar-refractivity contribution is 6.02. The van der Waals surface area contributed by atoms with Crippen LogP contribution in [-0.2, 0) is 24.0 Å². The van der Waals surface area contributed by atoms with Gasteiger partial charge >= 0.3 is 0 Å². The van der Waals surface area contributed by atoms with Gasteiger partial charge in [0.2, 0.25) is 23.6 Å². The molecule has 0 aromatic rings. The number of aliphatic carboxylic acids is 1. The molecule has 10 nitrogen and oxygen atoms in total. The van der Waals surface area contributed by atoms with Crippen molar-refractivity contribution >= 4 is 29.6 Å². The second kappa shape index (κ2) is 13.6. The molecule has 0 unspecified atom stereocenters. The van der Waals surface area contributed by atoms with E-state index < -0.39 is 5.97 Å². The lowest BCUT2D eigenvalue weighted by Gasteiger charge is -1.79. The quantitative estimate of drug-likeness (QED) is 0.342. The van der Waals surface area contributed by atoms with Crippen LogP contribution in [0.4, 0.5) is 0 Å². The van der Waals surface area contributed by atoms with Crippen LogP contribution in [0.25, 0.3) is 0 Å². The first kappa shape index (κ1) is 22.0. The summed E-state index contributed by atoms with van der Waals surface area (Å²) in [6.07, 6.45) is 1.50. The topological polar surface area (TPSA) is 170 Å². The van der Waals surface area contributed by atoms with Crippen LogP contribution >= 0.6 is 0 Å². The fourth-order valence-corrected chi connectivity index (χ4v) is 1.02. The Morgan fingerprint density at radius 3 is 1.05 bits per heavy atom. The fourth-order valence-electron chi connectivity index (χ4n) is 1.02. The standard InChI is InChI=1S/2C4H5NO2.C2H4O2.C2H6O2/c2*6-3-1-2-4(7)5-3;1-2(3)4;3-1-2-4/h2*1-2H2,(H,5,6,7);1H3,(H,3,4);3-4H,1-2H2. The molecule has 10 heteroatoms. The van der Waals surface area contributed by atoms with Gasteiger partial charge in [0.15, 0.2) is 0 Å². The monoisotopic (exact) mass is 320 g/mol. The van der Waals surface area contributed by atoms with Crippen LogP contribution in [0.5, 0.6) is 0 Å². The van der Waals surface area contributed by atoms with E-state index in [4.69, 9.17) is 20.1 Å². The lowest BCUT2D eigenvalue weighted by molar-refractivity contribution is -0.134. The Morgan fingerprint density at radius 1 is 0.818 bits per heavy atom. The molecule has 4 amide bonds. The van der Waals surface area contributed by atoms with Crippen LogP contribution in [0.2, 0.25) is 0 Å². The minimum absolute atomic E-state index is 0.125. The Kier molecular flexibility index (Phi) is 13.6. The second-order valence-corrected chi connectivity index (χ2v) is 3.91. The predicted molar refractivity (Wildman–Crippen MR) is 72.2 cm³/mol. The predicted octanol–water partition coefficient (Wildman–Crippen LogP) is -2.09. The number of nitrogens with one attached hydrogen (secondary N) is 2. The number of carboxylic acids is 1. The van der Waals surface area contributed by atoms with E-state index in [1.165, 1.54) is 0 Å². The van der Waals surface area contributed by atoms with Crippen molar-refractivity contribution in [1.82, 2.24) is 10.6 Å². The van der Waals surface area contributed by atoms with Gasteiger partial charge in [-0.2, -0.15) is 0 Å². The van der Waals surface area contributed by atoms with E-state index in [0.717, 1.165) is 6.92 Å². The van der Waals surface area contributed by atoms with Gasteiger partial charge in [0.05, 0.1) is 13.2 Å². The van der Waals surface area contributed by atoms with Crippen molar-refractivity contribution in [2.75, 3.05) is 13.2 Å². The number of hydrogen-bond donors (Lipinski definition) is 5. The largest absolute Gasteiger partial charge is 0.481 e. The van der Waals surface area contributed by atoms with Gasteiger partial charge in [0.1, 0.15) is 0 Å². The molecule has 2 aliphatic rings. The molecule has 0 radical (unpaired) electrons. The molecule has 0 bridgehead atoms. The summed E-state index contributed by atoms with van der Waals surface area (Å²) in [5.74, 6) is -1.43. The van der Waals surface area contributed by atoms with Crippen molar-refractivity contribution in [2.45, 2.75) is 32.6 Å². The molecule has 0 aromatic carbocycles. The molecule has 22 heavy (non-hydrogen) atoms. The van der Waals surface area contributed by atoms with E-state index in [1.54, 1.807) is 0 Å². The number of aliphatic hydroxyl groups is 2. The summed E-state index contributed by atoms with van der Waals surface area (Å²) in [4.78, 5) is 49.5. The Labute approximate surface area is 126 Å². The summed E-state index contributed by atoms with van der Waals surface area (Å²) >= 11 is 0. The average molecular weight is 320 g/mol. The van der Waals surface area contributed by atoms with Crippen LogP contribution in [0.15, 0.2) is 0 Å². The van der Waals surface area contributed by atoms with Gasteiger partial charge in [-0.3, -0.25) is 34.6 Å². The van der Waals surface area contributed by atoms with Crippen molar-refractivity contribution in [3.05, 3.63) is 0 Å². The molecule has 0 saturated carbocycles. The number of hydrogen-bond acceptors (Lipinski definition) is 7. The van der Waals surface area contributed by atoms with Gasteiger partial charge in [-0.1, -0.05) is 0 Å². The molecule has 126 valence electrons. The van der Waals surface area contributed by atoms with Crippen molar-refractivity contribution in [1.29, 1.82) is 0 Å². The van der Waals surface area contributed by atoms with Crippen LogP contribution in [-0.4, -0.2) is 58.1 Å². The molecule has 2 rings (SSSR count). The van der Waals surface area contributed by atoms with Crippen molar-refractivity contribution in [2.24, 2.45) is 0 Å². The summed E-state index contributed by atoms with van der Waals surface area (Å²) in [5.41, 5.74) is 0. The highest BCUT2D eigenvalue weighted by Gasteiger charge is 2.16. The maximum absolute atomic E-state index is 10.1. The molecule has 0 aromatic heterocycles. The van der Waals surface area contributed by atoms with Gasteiger partial charge < -0.3 is 15.3 Å². The molecule has 0 atom stereocenters. The molecular formula is C12H20N2O8. The van der Waals surface area contributed by atoms with Crippen molar-refractivity contribution < 1.29 is 39.3 Å². The van der Waals surface area contributed by atoms with E-state index in [2.05, 4.69) is 10.6 Å². The number of imide groups is 2. The number of rotatable bonds is 1. The minimum Gasteiger partial charge on any atom is -0.481 e. The van der Waals surface area contributed by atoms with E-state index in [-0.39, 0.29) is 36.8 Å². The Bertz CT molecular complexity index is 344. The van der Waals surface area contributed by atoms with Crippen LogP contribution in [0, 0.1) is 0 Å². The van der Waals surface area contributed by atoms with E-state index >= 15 is 0 Å². The number of aliphatic hydroxyl groups excluding tert-OH is 2. The third-order valence-corrected chi connectivity index (χ3v) is 1.82. The summed E-state index contributed by atoms with van der Waals surface area (Å²) < 4.78 is 0. The zero-order valence-corrected chi connectivity index (χ0v) is 12.1. The van der Waals surface area contributed by atoms with E-state index in [1.807, 2.05) is 0 Å². The molecular weight excluding hydrogens is 300 g/mol. The summed E-state index contributed by atoms with van der Waals surface area (Å²) in [6.45, 7) is 0.833. The van der Waals surface area contributed by atoms with Crippen LogP contribution in [0.3, 0.4) is 0 Å². The van der Waals surface area contributed by atoms with Crippen LogP contribution < -0.4 is 10.6 Å². The maximum atomic E-state index is 10.1. The minimum atomic E-state index is -0.833. The zero-order valence-electron chi connectivity index (χ0n) is 12.1. The molecule has 2 saturated heterocycles. The van der Waals surface area contributed by atoms with Gasteiger partial charge in [-0.05, 0) is 0 Å². The highest BCUT2D eigenvalue weighted by atomic mass is 16.4. The lowest BCUT2D eigenvalue weighted by Crippen LogP contribution is -2.18. The zero-order chi connectivity index (χ0) is 17.5. The number of amides is 4. The third kappa shape index (κ3) is 17.7. The SMILES string of the molecule is CC(=O)O.O=C1CCC(=O)N1.O=C1CCC(=O)N1.OCCO. The molecule has 5 N–H and O–H groups in total. The Hall–Kier alpha value is -2.33. The second-order valence-electron chi connectivity index (χ2n) is 3.91. The van der Waals surface area contributed by atoms with E-state index in [9.17, 15) is 19.2 Å². The van der Waals surface area contributed by atoms with Crippen molar-refractivity contribution in [3.8, 4) is 0 Å². The maximum Gasteiger partial charge on any atom is 0.300 e. The summed E-state index contributed by atoms with van der Waals surface area (Å²) in [6, 6.07) is 0. The first-order valence-corrected chi connectivity index (χ1v) is 6.29. The number of carbonyl (C=O) groups excluding carboxylic acids is 4. The molecule has 2 fully saturated rings. The smallest absolute Gasteiger partial charge is 0.300 e. The van der Waals surface area contributed by atoms with E-state index in [0.29, 0.717) is 25.7 Å². The normalized spacial score (nSPS) is 15.2. The van der Waals surface area contributed by atoms with Gasteiger partial charge in [0, 0.05) is 32.6 Å². The van der Waals surface area contributed by atoms with Gasteiger partial charge in [0.25, 0.3) is 5.97 Å². The first-order valence-electron chi connectivity index (χ1n) is 6.29. The lowest BCUT2D eigenvalue weighted by atomic mass is 10.4. The van der Waals surface area contributed by atoms with Gasteiger partial charge in [-0.25, -0.2) is 0 Å². The van der Waals surface area contributed by atoms with Crippen LogP contribution in [0.1, 0.15) is 32.6 Å². The summed E-state index contributed by atoms with van der Waals surface area (Å²) in [5, 5.41) is 26.9. The van der Waals surface area contributed by atoms with Crippen molar-refractivity contribution in [3.63, 3.8) is 0 Å². The molecule has 0 aliphatic carbocycles. The highest BCUT2D eigenvalue weighted by Crippen LogP contribution is 1.96. The molecule has 2 heterocycles. The fraction of sp³-hybridized carbons (Fsp3) is 0.583. The van der Waals surface area contributed by atoms with Gasteiger partial charge in [-0.15, -0.1) is 0 Å². The Balaban J connectivity index is 0. The molecule has 2 aliphatic heterocycles. The Morgan fingerprint density at radius 2 is 1.00 bits per heavy atom. The first-order chi connectivity index (χ1) is 10.2. The number of carbonyl (C=O) groups is 5.